The number of nitrogens with zero attached hydrogens (tertiary/aromatic N) is 1. The zero-order chi connectivity index (χ0) is 11.3. The summed E-state index contributed by atoms with van der Waals surface area (Å²) >= 11 is 0. The Hall–Kier alpha value is -1.35. The maximum atomic E-state index is 11.7. The third kappa shape index (κ3) is 3.36. The Balaban J connectivity index is 2.67. The summed E-state index contributed by atoms with van der Waals surface area (Å²) in [7, 11) is 1.80. The van der Waals surface area contributed by atoms with Crippen molar-refractivity contribution in [1.29, 1.82) is 0 Å². The topological polar surface area (TPSA) is 46.3 Å². The monoisotopic (exact) mass is 206 g/mol. The number of carbonyl (C=O) groups is 1. The zero-order valence-corrected chi connectivity index (χ0v) is 9.36. The summed E-state index contributed by atoms with van der Waals surface area (Å²) in [6.07, 6.45) is 1.26. The van der Waals surface area contributed by atoms with Gasteiger partial charge < -0.3 is 10.6 Å². The van der Waals surface area contributed by atoms with Crippen LogP contribution in [0.25, 0.3) is 0 Å². The third-order valence-electron chi connectivity index (χ3n) is 2.36. The van der Waals surface area contributed by atoms with Crippen LogP contribution in [0.1, 0.15) is 18.4 Å². The van der Waals surface area contributed by atoms with Crippen molar-refractivity contribution in [3.05, 3.63) is 29.8 Å². The van der Waals surface area contributed by atoms with Crippen molar-refractivity contribution < 1.29 is 4.79 Å². The number of hydrogen-bond donors (Lipinski definition) is 1. The maximum absolute atomic E-state index is 11.7. The molecule has 0 aliphatic rings. The SMILES string of the molecule is Cc1cccc(N(C)C(=O)CCCN)c1. The molecule has 0 atom stereocenters. The Morgan fingerprint density at radius 2 is 2.20 bits per heavy atom. The number of anilines is 1. The lowest BCUT2D eigenvalue weighted by atomic mass is 10.2. The Morgan fingerprint density at radius 3 is 2.80 bits per heavy atom. The predicted octanol–water partition coefficient (Wildman–Crippen LogP) is 1.70. The van der Waals surface area contributed by atoms with Gasteiger partial charge in [-0.3, -0.25) is 4.79 Å². The van der Waals surface area contributed by atoms with Crippen molar-refractivity contribution in [3.8, 4) is 0 Å². The van der Waals surface area contributed by atoms with Crippen molar-refractivity contribution in [1.82, 2.24) is 0 Å². The molecule has 82 valence electrons. The average molecular weight is 206 g/mol. The number of benzene rings is 1. The smallest absolute Gasteiger partial charge is 0.226 e. The van der Waals surface area contributed by atoms with E-state index >= 15 is 0 Å². The third-order valence-corrected chi connectivity index (χ3v) is 2.36. The van der Waals surface area contributed by atoms with Gasteiger partial charge in [0.15, 0.2) is 0 Å². The van der Waals surface area contributed by atoms with Gasteiger partial charge in [-0.25, -0.2) is 0 Å². The first-order chi connectivity index (χ1) is 7.15. The number of hydrogen-bond acceptors (Lipinski definition) is 2. The molecule has 0 spiro atoms. The summed E-state index contributed by atoms with van der Waals surface area (Å²) in [6.45, 7) is 2.58. The van der Waals surface area contributed by atoms with Gasteiger partial charge >= 0.3 is 0 Å². The Morgan fingerprint density at radius 1 is 1.47 bits per heavy atom. The summed E-state index contributed by atoms with van der Waals surface area (Å²) in [5.74, 6) is 0.117. The van der Waals surface area contributed by atoms with Crippen molar-refractivity contribution in [2.45, 2.75) is 19.8 Å². The minimum absolute atomic E-state index is 0.117. The van der Waals surface area contributed by atoms with Crippen molar-refractivity contribution in [3.63, 3.8) is 0 Å². The maximum Gasteiger partial charge on any atom is 0.226 e. The average Bonchev–Trinajstić information content (AvgIpc) is 2.24. The molecule has 1 amide bonds. The predicted molar refractivity (Wildman–Crippen MR) is 62.9 cm³/mol. The molecule has 1 aromatic carbocycles. The summed E-state index contributed by atoms with van der Waals surface area (Å²) in [5, 5.41) is 0. The first-order valence-electron chi connectivity index (χ1n) is 5.18. The van der Waals surface area contributed by atoms with Crippen LogP contribution < -0.4 is 10.6 Å². The van der Waals surface area contributed by atoms with Crippen LogP contribution in [0.4, 0.5) is 5.69 Å². The molecule has 0 fully saturated rings. The molecule has 0 aromatic heterocycles. The molecule has 15 heavy (non-hydrogen) atoms. The van der Waals surface area contributed by atoms with E-state index < -0.39 is 0 Å². The fraction of sp³-hybridized carbons (Fsp3) is 0.417. The van der Waals surface area contributed by atoms with Gasteiger partial charge in [-0.1, -0.05) is 12.1 Å². The van der Waals surface area contributed by atoms with E-state index in [1.165, 1.54) is 0 Å². The van der Waals surface area contributed by atoms with E-state index in [-0.39, 0.29) is 5.91 Å². The molecule has 0 heterocycles. The van der Waals surface area contributed by atoms with Crippen LogP contribution in [0.15, 0.2) is 24.3 Å². The highest BCUT2D eigenvalue weighted by molar-refractivity contribution is 5.92. The first kappa shape index (κ1) is 11.7. The van der Waals surface area contributed by atoms with Gasteiger partial charge in [-0.2, -0.15) is 0 Å². The molecule has 0 saturated heterocycles. The quantitative estimate of drug-likeness (QED) is 0.815. The molecule has 1 aromatic rings. The second-order valence-corrected chi connectivity index (χ2v) is 3.68. The Labute approximate surface area is 90.9 Å². The number of amides is 1. The van der Waals surface area contributed by atoms with Crippen molar-refractivity contribution in [2.75, 3.05) is 18.5 Å². The highest BCUT2D eigenvalue weighted by Crippen LogP contribution is 2.15. The Kier molecular flexibility index (Phi) is 4.31. The lowest BCUT2D eigenvalue weighted by Crippen LogP contribution is -2.26. The van der Waals surface area contributed by atoms with E-state index in [1.54, 1.807) is 11.9 Å². The second-order valence-electron chi connectivity index (χ2n) is 3.68. The van der Waals surface area contributed by atoms with E-state index in [9.17, 15) is 4.79 Å². The number of aryl methyl sites for hydroxylation is 1. The van der Waals surface area contributed by atoms with E-state index in [0.29, 0.717) is 13.0 Å². The largest absolute Gasteiger partial charge is 0.330 e. The van der Waals surface area contributed by atoms with E-state index in [4.69, 9.17) is 5.73 Å². The summed E-state index contributed by atoms with van der Waals surface area (Å²) in [4.78, 5) is 13.4. The van der Waals surface area contributed by atoms with Crippen molar-refractivity contribution in [2.24, 2.45) is 5.73 Å². The standard InChI is InChI=1S/C12H18N2O/c1-10-5-3-6-11(9-10)14(2)12(15)7-4-8-13/h3,5-6,9H,4,7-8,13H2,1-2H3. The molecule has 0 radical (unpaired) electrons. The van der Waals surface area contributed by atoms with Crippen LogP contribution in [0.2, 0.25) is 0 Å². The summed E-state index contributed by atoms with van der Waals surface area (Å²) in [5.41, 5.74) is 7.47. The number of carbonyl (C=O) groups excluding carboxylic acids is 1. The number of nitrogens with two attached hydrogens (primary N) is 1. The molecule has 0 saturated carbocycles. The first-order valence-corrected chi connectivity index (χ1v) is 5.18. The van der Waals surface area contributed by atoms with E-state index in [2.05, 4.69) is 0 Å². The molecule has 0 aliphatic carbocycles. The van der Waals surface area contributed by atoms with Gasteiger partial charge in [0.2, 0.25) is 5.91 Å². The Bertz CT molecular complexity index is 336. The molecule has 2 N–H and O–H groups in total. The summed E-state index contributed by atoms with van der Waals surface area (Å²) in [6, 6.07) is 7.91. The molecule has 0 aliphatic heterocycles. The minimum Gasteiger partial charge on any atom is -0.330 e. The van der Waals surface area contributed by atoms with Gasteiger partial charge in [-0.15, -0.1) is 0 Å². The van der Waals surface area contributed by atoms with Crippen molar-refractivity contribution >= 4 is 11.6 Å². The van der Waals surface area contributed by atoms with Gasteiger partial charge in [0.1, 0.15) is 0 Å². The molecule has 3 heteroatoms. The van der Waals surface area contributed by atoms with Crippen LogP contribution in [-0.4, -0.2) is 19.5 Å². The van der Waals surface area contributed by atoms with Crippen LogP contribution in [-0.2, 0) is 4.79 Å². The van der Waals surface area contributed by atoms with Gasteiger partial charge in [-0.05, 0) is 37.6 Å². The zero-order valence-electron chi connectivity index (χ0n) is 9.36. The van der Waals surface area contributed by atoms with Gasteiger partial charge in [0.05, 0.1) is 0 Å². The lowest BCUT2D eigenvalue weighted by Gasteiger charge is -2.17. The van der Waals surface area contributed by atoms with E-state index in [0.717, 1.165) is 17.7 Å². The number of rotatable bonds is 4. The molecular weight excluding hydrogens is 188 g/mol. The van der Waals surface area contributed by atoms with E-state index in [1.807, 2.05) is 31.2 Å². The molecule has 1 rings (SSSR count). The van der Waals surface area contributed by atoms with Crippen LogP contribution in [0, 0.1) is 6.92 Å². The van der Waals surface area contributed by atoms with Crippen LogP contribution in [0.3, 0.4) is 0 Å². The van der Waals surface area contributed by atoms with Gasteiger partial charge in [0, 0.05) is 19.2 Å². The second kappa shape index (κ2) is 5.51. The lowest BCUT2D eigenvalue weighted by molar-refractivity contribution is -0.118. The van der Waals surface area contributed by atoms with Crippen LogP contribution in [0.5, 0.6) is 0 Å². The highest BCUT2D eigenvalue weighted by atomic mass is 16.2. The van der Waals surface area contributed by atoms with Gasteiger partial charge in [0.25, 0.3) is 0 Å². The molecule has 3 nitrogen and oxygen atoms in total. The fourth-order valence-electron chi connectivity index (χ4n) is 1.40. The normalized spacial score (nSPS) is 10.1. The minimum atomic E-state index is 0.117. The highest BCUT2D eigenvalue weighted by Gasteiger charge is 2.09. The van der Waals surface area contributed by atoms with Crippen LogP contribution >= 0.6 is 0 Å². The molecule has 0 bridgehead atoms. The molecular formula is C12H18N2O. The fourth-order valence-corrected chi connectivity index (χ4v) is 1.40. The summed E-state index contributed by atoms with van der Waals surface area (Å²) < 4.78 is 0. The molecule has 0 unspecified atom stereocenters.